The number of carbonyl (C=O) groups is 2. The number of halogens is 3. The lowest BCUT2D eigenvalue weighted by molar-refractivity contribution is 0.0696. The van der Waals surface area contributed by atoms with Gasteiger partial charge in [0.15, 0.2) is 0 Å². The second-order valence-electron chi connectivity index (χ2n) is 6.63. The van der Waals surface area contributed by atoms with Gasteiger partial charge >= 0.3 is 5.97 Å². The summed E-state index contributed by atoms with van der Waals surface area (Å²) in [6, 6.07) is 17.7. The van der Waals surface area contributed by atoms with Gasteiger partial charge in [-0.05, 0) is 36.4 Å². The minimum atomic E-state index is -1.27. The third kappa shape index (κ3) is 4.15. The zero-order valence-corrected chi connectivity index (χ0v) is 18.0. The number of nitrogens with one attached hydrogen (secondary N) is 1. The highest BCUT2D eigenvalue weighted by atomic mass is 79.9. The van der Waals surface area contributed by atoms with Gasteiger partial charge in [-0.25, -0.2) is 14.2 Å². The molecule has 0 spiro atoms. The summed E-state index contributed by atoms with van der Waals surface area (Å²) in [6.07, 6.45) is 0. The van der Waals surface area contributed by atoms with Gasteiger partial charge in [0, 0.05) is 15.4 Å². The third-order valence-electron chi connectivity index (χ3n) is 4.63. The highest BCUT2D eigenvalue weighted by Crippen LogP contribution is 2.35. The van der Waals surface area contributed by atoms with Gasteiger partial charge in [-0.2, -0.15) is 0 Å². The predicted molar refractivity (Wildman–Crippen MR) is 121 cm³/mol. The Bertz CT molecular complexity index is 1350. The van der Waals surface area contributed by atoms with Crippen LogP contribution >= 0.6 is 27.5 Å². The Morgan fingerprint density at radius 1 is 1.03 bits per heavy atom. The lowest BCUT2D eigenvalue weighted by atomic mass is 10.0. The van der Waals surface area contributed by atoms with Crippen LogP contribution in [0.15, 0.2) is 71.2 Å². The molecule has 3 aromatic carbocycles. The fourth-order valence-corrected chi connectivity index (χ4v) is 3.86. The molecule has 2 N–H and O–H groups in total. The van der Waals surface area contributed by atoms with Crippen molar-refractivity contribution in [1.29, 1.82) is 0 Å². The summed E-state index contributed by atoms with van der Waals surface area (Å²) in [5.41, 5.74) is 1.43. The van der Waals surface area contributed by atoms with E-state index in [1.807, 2.05) is 30.3 Å². The standard InChI is InChI=1S/C23H13BrClFN2O3/c24-14-7-9-17-15(11-14)19(20(25)21(27-17)12-4-2-1-3-5-12)22(29)28-18-8-6-13(23(30)31)10-16(18)26/h1-11H,(H,28,29)(H,30,31). The number of nitrogens with zero attached hydrogens (tertiary/aromatic N) is 1. The second kappa shape index (κ2) is 8.45. The van der Waals surface area contributed by atoms with E-state index >= 15 is 0 Å². The maximum atomic E-state index is 14.4. The number of aromatic nitrogens is 1. The minimum Gasteiger partial charge on any atom is -0.478 e. The highest BCUT2D eigenvalue weighted by Gasteiger charge is 2.22. The number of carboxylic acids is 1. The van der Waals surface area contributed by atoms with Gasteiger partial charge in [0.1, 0.15) is 5.82 Å². The van der Waals surface area contributed by atoms with Crippen LogP contribution in [0, 0.1) is 5.82 Å². The van der Waals surface area contributed by atoms with Gasteiger partial charge < -0.3 is 10.4 Å². The number of hydrogen-bond acceptors (Lipinski definition) is 3. The molecule has 1 aromatic heterocycles. The van der Waals surface area contributed by atoms with Gasteiger partial charge in [0.25, 0.3) is 5.91 Å². The van der Waals surface area contributed by atoms with Crippen molar-refractivity contribution in [2.24, 2.45) is 0 Å². The first kappa shape index (κ1) is 21.0. The van der Waals surface area contributed by atoms with E-state index in [0.717, 1.165) is 16.1 Å². The molecule has 1 heterocycles. The molecular weight excluding hydrogens is 487 g/mol. The highest BCUT2D eigenvalue weighted by molar-refractivity contribution is 9.10. The molecule has 0 fully saturated rings. The first-order chi connectivity index (χ1) is 14.8. The topological polar surface area (TPSA) is 79.3 Å². The quantitative estimate of drug-likeness (QED) is 0.340. The number of anilines is 1. The van der Waals surface area contributed by atoms with Crippen LogP contribution in [0.2, 0.25) is 5.02 Å². The number of hydrogen-bond donors (Lipinski definition) is 2. The number of rotatable bonds is 4. The van der Waals surface area contributed by atoms with E-state index in [2.05, 4.69) is 26.2 Å². The summed E-state index contributed by atoms with van der Waals surface area (Å²) in [5, 5.41) is 12.1. The zero-order chi connectivity index (χ0) is 22.1. The van der Waals surface area contributed by atoms with Crippen LogP contribution in [0.25, 0.3) is 22.2 Å². The Labute approximate surface area is 189 Å². The predicted octanol–water partition coefficient (Wildman–Crippen LogP) is 6.41. The number of benzene rings is 3. The molecule has 0 radical (unpaired) electrons. The van der Waals surface area contributed by atoms with Crippen LogP contribution in [0.1, 0.15) is 20.7 Å². The SMILES string of the molecule is O=C(O)c1ccc(NC(=O)c2c(Cl)c(-c3ccccc3)nc3ccc(Br)cc23)c(F)c1. The number of aromatic carboxylic acids is 1. The summed E-state index contributed by atoms with van der Waals surface area (Å²) >= 11 is 10.0. The lowest BCUT2D eigenvalue weighted by Gasteiger charge is -2.14. The van der Waals surface area contributed by atoms with E-state index in [9.17, 15) is 14.0 Å². The molecule has 31 heavy (non-hydrogen) atoms. The Kier molecular flexibility index (Phi) is 5.71. The number of amides is 1. The van der Waals surface area contributed by atoms with Gasteiger partial charge in [-0.15, -0.1) is 0 Å². The van der Waals surface area contributed by atoms with Crippen LogP contribution in [-0.4, -0.2) is 22.0 Å². The molecule has 0 saturated heterocycles. The molecule has 154 valence electrons. The molecule has 0 aliphatic rings. The van der Waals surface area contributed by atoms with Crippen LogP contribution < -0.4 is 5.32 Å². The zero-order valence-electron chi connectivity index (χ0n) is 15.7. The first-order valence-electron chi connectivity index (χ1n) is 9.03. The fraction of sp³-hybridized carbons (Fsp3) is 0. The summed E-state index contributed by atoms with van der Waals surface area (Å²) < 4.78 is 15.1. The number of carboxylic acid groups (broad SMARTS) is 1. The van der Waals surface area contributed by atoms with Crippen molar-refractivity contribution in [1.82, 2.24) is 4.98 Å². The van der Waals surface area contributed by atoms with Crippen molar-refractivity contribution in [2.45, 2.75) is 0 Å². The average molecular weight is 500 g/mol. The monoisotopic (exact) mass is 498 g/mol. The van der Waals surface area contributed by atoms with Crippen LogP contribution in [0.4, 0.5) is 10.1 Å². The largest absolute Gasteiger partial charge is 0.478 e. The number of pyridine rings is 1. The molecule has 4 rings (SSSR count). The van der Waals surface area contributed by atoms with Crippen LogP contribution in [-0.2, 0) is 0 Å². The fourth-order valence-electron chi connectivity index (χ4n) is 3.16. The van der Waals surface area contributed by atoms with Crippen LogP contribution in [0.5, 0.6) is 0 Å². The molecule has 1 amide bonds. The van der Waals surface area contributed by atoms with Crippen molar-refractivity contribution in [2.75, 3.05) is 5.32 Å². The van der Waals surface area contributed by atoms with Crippen LogP contribution in [0.3, 0.4) is 0 Å². The van der Waals surface area contributed by atoms with E-state index in [1.54, 1.807) is 18.2 Å². The molecule has 0 saturated carbocycles. The normalized spacial score (nSPS) is 10.8. The van der Waals surface area contributed by atoms with Crippen molar-refractivity contribution < 1.29 is 19.1 Å². The Hall–Kier alpha value is -3.29. The maximum absolute atomic E-state index is 14.4. The molecule has 0 bridgehead atoms. The molecular formula is C23H13BrClFN2O3. The summed E-state index contributed by atoms with van der Waals surface area (Å²) in [6.45, 7) is 0. The smallest absolute Gasteiger partial charge is 0.335 e. The Balaban J connectivity index is 1.85. The average Bonchev–Trinajstić information content (AvgIpc) is 2.75. The van der Waals surface area contributed by atoms with Crippen molar-refractivity contribution in [3.63, 3.8) is 0 Å². The Morgan fingerprint density at radius 2 is 1.77 bits per heavy atom. The van der Waals surface area contributed by atoms with Gasteiger partial charge in [-0.3, -0.25) is 4.79 Å². The summed E-state index contributed by atoms with van der Waals surface area (Å²) in [4.78, 5) is 28.8. The molecule has 8 heteroatoms. The minimum absolute atomic E-state index is 0.122. The maximum Gasteiger partial charge on any atom is 0.335 e. The lowest BCUT2D eigenvalue weighted by Crippen LogP contribution is -2.15. The van der Waals surface area contributed by atoms with Gasteiger partial charge in [0.2, 0.25) is 0 Å². The molecule has 0 aliphatic carbocycles. The van der Waals surface area contributed by atoms with Crippen molar-refractivity contribution in [3.05, 3.63) is 93.2 Å². The Morgan fingerprint density at radius 3 is 2.45 bits per heavy atom. The molecule has 0 unspecified atom stereocenters. The van der Waals surface area contributed by atoms with E-state index in [1.165, 1.54) is 12.1 Å². The number of carbonyl (C=O) groups excluding carboxylic acids is 1. The molecule has 4 aromatic rings. The van der Waals surface area contributed by atoms with Gasteiger partial charge in [0.05, 0.1) is 33.0 Å². The van der Waals surface area contributed by atoms with Crippen molar-refractivity contribution in [3.8, 4) is 11.3 Å². The second-order valence-corrected chi connectivity index (χ2v) is 7.92. The molecule has 0 atom stereocenters. The molecule has 5 nitrogen and oxygen atoms in total. The van der Waals surface area contributed by atoms with E-state index < -0.39 is 17.7 Å². The molecule has 0 aliphatic heterocycles. The van der Waals surface area contributed by atoms with Gasteiger partial charge in [-0.1, -0.05) is 57.9 Å². The van der Waals surface area contributed by atoms with E-state index in [4.69, 9.17) is 16.7 Å². The van der Waals surface area contributed by atoms with E-state index in [-0.39, 0.29) is 21.8 Å². The number of fused-ring (bicyclic) bond motifs is 1. The first-order valence-corrected chi connectivity index (χ1v) is 10.2. The van der Waals surface area contributed by atoms with E-state index in [0.29, 0.717) is 16.6 Å². The van der Waals surface area contributed by atoms with Crippen molar-refractivity contribution >= 4 is 56.0 Å². The third-order valence-corrected chi connectivity index (χ3v) is 5.49. The summed E-state index contributed by atoms with van der Waals surface area (Å²) in [5.74, 6) is -2.78. The summed E-state index contributed by atoms with van der Waals surface area (Å²) in [7, 11) is 0.